The smallest absolute Gasteiger partial charge is 0.125 e. The number of fused-ring (bicyclic) bond motifs is 12. The second kappa shape index (κ2) is 19.1. The van der Waals surface area contributed by atoms with Gasteiger partial charge in [0.15, 0.2) is 0 Å². The van der Waals surface area contributed by atoms with Gasteiger partial charge in [-0.25, -0.2) is 0 Å². The van der Waals surface area contributed by atoms with Crippen LogP contribution < -0.4 is 4.74 Å². The first-order chi connectivity index (χ1) is 33.4. The summed E-state index contributed by atoms with van der Waals surface area (Å²) in [6.45, 7) is 39.2. The molecule has 6 nitrogen and oxygen atoms in total. The Bertz CT molecular complexity index is 2900. The van der Waals surface area contributed by atoms with Gasteiger partial charge in [0.1, 0.15) is 34.5 Å². The van der Waals surface area contributed by atoms with Crippen LogP contribution in [0.1, 0.15) is 225 Å². The minimum Gasteiger partial charge on any atom is -0.507 e. The molecule has 6 aromatic rings. The fourth-order valence-corrected chi connectivity index (χ4v) is 10.3. The van der Waals surface area contributed by atoms with E-state index in [2.05, 4.69) is 197 Å². The molecule has 1 aliphatic rings. The van der Waals surface area contributed by atoms with Crippen LogP contribution in [0.2, 0.25) is 0 Å². The van der Waals surface area contributed by atoms with Gasteiger partial charge in [-0.15, -0.1) is 0 Å². The van der Waals surface area contributed by atoms with Crippen LogP contribution in [0.25, 0.3) is 0 Å². The van der Waals surface area contributed by atoms with E-state index >= 15 is 0 Å². The van der Waals surface area contributed by atoms with Gasteiger partial charge in [-0.1, -0.05) is 197 Å². The Kier molecular flexibility index (Phi) is 14.4. The number of phenolic OH excluding ortho intramolecular Hbond substituents is 5. The van der Waals surface area contributed by atoms with Crippen LogP contribution in [0.5, 0.6) is 34.5 Å². The third-order valence-corrected chi connectivity index (χ3v) is 15.3. The molecule has 6 aromatic carbocycles. The molecule has 1 aliphatic carbocycles. The second-order valence-electron chi connectivity index (χ2n) is 27.6. The molecular formula is C67H86O6. The van der Waals surface area contributed by atoms with E-state index in [0.717, 1.165) is 55.6 Å². The van der Waals surface area contributed by atoms with Gasteiger partial charge in [-0.05, 0) is 133 Å². The molecule has 73 heavy (non-hydrogen) atoms. The molecule has 0 amide bonds. The summed E-state index contributed by atoms with van der Waals surface area (Å²) in [5.74, 6) is 1.45. The van der Waals surface area contributed by atoms with Gasteiger partial charge in [0.25, 0.3) is 0 Å². The molecule has 6 heteroatoms. The first-order valence-corrected chi connectivity index (χ1v) is 26.4. The molecule has 7 rings (SSSR count). The second-order valence-corrected chi connectivity index (χ2v) is 27.6. The van der Waals surface area contributed by atoms with E-state index in [-0.39, 0.29) is 86.9 Å². The molecule has 0 saturated heterocycles. The highest BCUT2D eigenvalue weighted by atomic mass is 16.5. The zero-order valence-corrected chi connectivity index (χ0v) is 47.8. The Morgan fingerprint density at radius 2 is 0.370 bits per heavy atom. The summed E-state index contributed by atoms with van der Waals surface area (Å²) in [7, 11) is 1.70. The van der Waals surface area contributed by atoms with Crippen molar-refractivity contribution in [1.29, 1.82) is 0 Å². The normalized spacial score (nSPS) is 14.2. The number of hydrogen-bond donors (Lipinski definition) is 5. The van der Waals surface area contributed by atoms with Crippen LogP contribution in [-0.2, 0) is 71.0 Å². The standard InChI is InChI=1S/C67H86O6/c1-62(2,3)50-26-38-20-40-28-51(63(4,5)6)30-42(57(40)69)22-44-32-53(65(10,11)12)34-46(59(44)71)24-48-36-55(67(16,17)18)37-49(61(48)73-19)25-47-35-54(66(13,14)15)33-45(60(47)72)23-43-31-52(64(7,8)9)29-41(58(43)70)21-39(27-50)56(38)68/h26-37,68-72H,20-25H2,1-19H3. The molecule has 0 atom stereocenters. The fraction of sp³-hybridized carbons (Fsp3) is 0.463. The van der Waals surface area contributed by atoms with Crippen LogP contribution in [0.15, 0.2) is 72.8 Å². The Morgan fingerprint density at radius 3 is 0.493 bits per heavy atom. The Hall–Kier alpha value is -5.88. The number of benzene rings is 6. The largest absolute Gasteiger partial charge is 0.507 e. The van der Waals surface area contributed by atoms with Crippen molar-refractivity contribution in [3.05, 3.63) is 173 Å². The maximum atomic E-state index is 12.6. The number of ether oxygens (including phenoxy) is 1. The SMILES string of the molecule is COc1c2cc(C(C)(C)C)cc1Cc1cc(C(C)(C)C)cc(c1O)Cc1cc(C(C)(C)C)cc(c1O)Cc1cc(C(C)(C)C)cc(c1O)Cc1cc(C(C)(C)C)cc(c1O)Cc1cc(C(C)(C)C)cc(c1O)C2. The van der Waals surface area contributed by atoms with E-state index in [4.69, 9.17) is 4.74 Å². The molecule has 0 spiro atoms. The molecule has 0 fully saturated rings. The molecule has 390 valence electrons. The first-order valence-electron chi connectivity index (χ1n) is 26.4. The van der Waals surface area contributed by atoms with E-state index in [1.165, 1.54) is 0 Å². The zero-order chi connectivity index (χ0) is 54.3. The minimum atomic E-state index is -0.292. The lowest BCUT2D eigenvalue weighted by Gasteiger charge is -2.27. The quantitative estimate of drug-likeness (QED) is 0.112. The van der Waals surface area contributed by atoms with Crippen molar-refractivity contribution in [3.8, 4) is 34.5 Å². The molecule has 5 N–H and O–H groups in total. The summed E-state index contributed by atoms with van der Waals surface area (Å²) in [5.41, 5.74) is 13.6. The Labute approximate surface area is 438 Å². The summed E-state index contributed by atoms with van der Waals surface area (Å²) < 4.78 is 6.41. The van der Waals surface area contributed by atoms with Crippen LogP contribution >= 0.6 is 0 Å². The van der Waals surface area contributed by atoms with Crippen LogP contribution in [0.4, 0.5) is 0 Å². The highest BCUT2D eigenvalue weighted by Crippen LogP contribution is 2.45. The topological polar surface area (TPSA) is 110 Å². The van der Waals surface area contributed by atoms with Crippen molar-refractivity contribution in [2.75, 3.05) is 7.11 Å². The predicted octanol–water partition coefficient (Wildman–Crippen LogP) is 15.9. The van der Waals surface area contributed by atoms with Crippen molar-refractivity contribution in [3.63, 3.8) is 0 Å². The van der Waals surface area contributed by atoms with Gasteiger partial charge in [-0.2, -0.15) is 0 Å². The predicted molar refractivity (Wildman–Crippen MR) is 303 cm³/mol. The summed E-state index contributed by atoms with van der Waals surface area (Å²) >= 11 is 0. The maximum Gasteiger partial charge on any atom is 0.125 e. The van der Waals surface area contributed by atoms with Gasteiger partial charge in [0.05, 0.1) is 7.11 Å². The van der Waals surface area contributed by atoms with Crippen LogP contribution in [0, 0.1) is 0 Å². The van der Waals surface area contributed by atoms with Crippen molar-refractivity contribution >= 4 is 0 Å². The zero-order valence-electron chi connectivity index (χ0n) is 47.8. The third kappa shape index (κ3) is 11.7. The summed E-state index contributed by atoms with van der Waals surface area (Å²) in [6, 6.07) is 25.2. The molecule has 0 heterocycles. The number of hydrogen-bond acceptors (Lipinski definition) is 6. The van der Waals surface area contributed by atoms with E-state index in [9.17, 15) is 25.5 Å². The van der Waals surface area contributed by atoms with E-state index in [1.807, 2.05) is 0 Å². The van der Waals surface area contributed by atoms with Crippen LogP contribution in [-0.4, -0.2) is 32.6 Å². The van der Waals surface area contributed by atoms with E-state index < -0.39 is 0 Å². The number of phenols is 5. The lowest BCUT2D eigenvalue weighted by Crippen LogP contribution is -2.16. The number of aromatic hydroxyl groups is 5. The first kappa shape index (κ1) is 54.9. The molecule has 0 aromatic heterocycles. The molecule has 0 aliphatic heterocycles. The average molecular weight is 987 g/mol. The Balaban J connectivity index is 1.59. The van der Waals surface area contributed by atoms with Crippen molar-refractivity contribution in [1.82, 2.24) is 0 Å². The van der Waals surface area contributed by atoms with Crippen molar-refractivity contribution < 1.29 is 30.3 Å². The summed E-state index contributed by atoms with van der Waals surface area (Å²) in [6.07, 6.45) is 1.79. The number of rotatable bonds is 1. The lowest BCUT2D eigenvalue weighted by molar-refractivity contribution is 0.404. The lowest BCUT2D eigenvalue weighted by atomic mass is 9.79. The molecule has 0 unspecified atom stereocenters. The highest BCUT2D eigenvalue weighted by Gasteiger charge is 2.29. The monoisotopic (exact) mass is 987 g/mol. The van der Waals surface area contributed by atoms with Crippen molar-refractivity contribution in [2.24, 2.45) is 0 Å². The summed E-state index contributed by atoms with van der Waals surface area (Å²) in [5, 5.41) is 62.7. The fourth-order valence-electron chi connectivity index (χ4n) is 10.3. The molecule has 0 saturated carbocycles. The third-order valence-electron chi connectivity index (χ3n) is 15.3. The molecule has 0 radical (unpaired) electrons. The van der Waals surface area contributed by atoms with Gasteiger partial charge in [0, 0.05) is 38.5 Å². The highest BCUT2D eigenvalue weighted by molar-refractivity contribution is 5.60. The van der Waals surface area contributed by atoms with Gasteiger partial charge >= 0.3 is 0 Å². The Morgan fingerprint density at radius 1 is 0.247 bits per heavy atom. The van der Waals surface area contributed by atoms with Gasteiger partial charge < -0.3 is 30.3 Å². The minimum absolute atomic E-state index is 0.125. The van der Waals surface area contributed by atoms with Crippen molar-refractivity contribution in [2.45, 2.75) is 196 Å². The maximum absolute atomic E-state index is 12.6. The van der Waals surface area contributed by atoms with Gasteiger partial charge in [0.2, 0.25) is 0 Å². The number of methoxy groups -OCH3 is 1. The molecule has 12 bridgehead atoms. The van der Waals surface area contributed by atoms with Crippen LogP contribution in [0.3, 0.4) is 0 Å². The average Bonchev–Trinajstić information content (AvgIpc) is 3.24. The van der Waals surface area contributed by atoms with E-state index in [1.54, 1.807) is 7.11 Å². The molecular weight excluding hydrogens is 901 g/mol. The summed E-state index contributed by atoms with van der Waals surface area (Å²) in [4.78, 5) is 0. The van der Waals surface area contributed by atoms with Gasteiger partial charge in [-0.3, -0.25) is 0 Å². The van der Waals surface area contributed by atoms with E-state index in [0.29, 0.717) is 63.1 Å².